The number of hydrogen-bond donors (Lipinski definition) is 2. The third-order valence-corrected chi connectivity index (χ3v) is 5.06. The van der Waals surface area contributed by atoms with Crippen LogP contribution in [0.4, 0.5) is 0 Å². The van der Waals surface area contributed by atoms with Gasteiger partial charge in [-0.3, -0.25) is 0 Å². The quantitative estimate of drug-likeness (QED) is 0.695. The zero-order valence-corrected chi connectivity index (χ0v) is 13.0. The summed E-state index contributed by atoms with van der Waals surface area (Å²) in [5.74, 6) is 0. The molecular formula is C11H16N4O4S2. The van der Waals surface area contributed by atoms with Gasteiger partial charge in [-0.15, -0.1) is 0 Å². The van der Waals surface area contributed by atoms with E-state index >= 15 is 0 Å². The first-order chi connectivity index (χ1) is 9.66. The first-order valence-electron chi connectivity index (χ1n) is 5.86. The third-order valence-electron chi connectivity index (χ3n) is 2.63. The number of nitriles is 1. The fourth-order valence-corrected chi connectivity index (χ4v) is 2.93. The van der Waals surface area contributed by atoms with Crippen LogP contribution in [0.3, 0.4) is 0 Å². The van der Waals surface area contributed by atoms with E-state index in [1.807, 2.05) is 6.07 Å². The van der Waals surface area contributed by atoms with Crippen molar-refractivity contribution in [2.24, 2.45) is 5.14 Å². The van der Waals surface area contributed by atoms with Crippen molar-refractivity contribution in [1.29, 1.82) is 5.26 Å². The van der Waals surface area contributed by atoms with Gasteiger partial charge in [0.1, 0.15) is 0 Å². The Balaban J connectivity index is 2.78. The normalized spacial score (nSPS) is 12.3. The van der Waals surface area contributed by atoms with Gasteiger partial charge in [0.2, 0.25) is 10.0 Å². The summed E-state index contributed by atoms with van der Waals surface area (Å²) < 4.78 is 49.5. The summed E-state index contributed by atoms with van der Waals surface area (Å²) >= 11 is 0. The summed E-state index contributed by atoms with van der Waals surface area (Å²) in [5.41, 5.74) is 0.457. The van der Waals surface area contributed by atoms with Crippen molar-refractivity contribution in [2.75, 3.05) is 13.6 Å². The van der Waals surface area contributed by atoms with Gasteiger partial charge in [-0.25, -0.2) is 13.6 Å². The van der Waals surface area contributed by atoms with E-state index in [1.54, 1.807) is 6.07 Å². The second-order valence-electron chi connectivity index (χ2n) is 4.25. The van der Waals surface area contributed by atoms with Gasteiger partial charge in [0.25, 0.3) is 10.2 Å². The molecule has 0 saturated carbocycles. The lowest BCUT2D eigenvalue weighted by atomic mass is 10.2. The summed E-state index contributed by atoms with van der Waals surface area (Å²) in [6.07, 6.45) is 0.0817. The Morgan fingerprint density at radius 3 is 2.57 bits per heavy atom. The molecule has 1 aromatic carbocycles. The number of hydrogen-bond acceptors (Lipinski definition) is 5. The van der Waals surface area contributed by atoms with Gasteiger partial charge in [0, 0.05) is 26.6 Å². The minimum Gasteiger partial charge on any atom is -0.225 e. The molecule has 0 aliphatic carbocycles. The van der Waals surface area contributed by atoms with Gasteiger partial charge in [0.15, 0.2) is 0 Å². The molecule has 8 nitrogen and oxygen atoms in total. The fourth-order valence-electron chi connectivity index (χ4n) is 1.44. The van der Waals surface area contributed by atoms with Crippen LogP contribution in [0.15, 0.2) is 29.2 Å². The van der Waals surface area contributed by atoms with E-state index in [1.165, 1.54) is 25.2 Å². The van der Waals surface area contributed by atoms with Crippen LogP contribution in [0.25, 0.3) is 0 Å². The molecule has 0 atom stereocenters. The highest BCUT2D eigenvalue weighted by molar-refractivity contribution is 7.89. The summed E-state index contributed by atoms with van der Waals surface area (Å²) in [6, 6.07) is 7.53. The standard InChI is InChI=1S/C11H16N4O4S2/c1-15(7-3-6-12)21(18,19)14-9-10-4-2-5-11(8-10)20(13,16)17/h2,4-5,8,14H,3,7,9H2,1H3,(H2,13,16,17). The maximum absolute atomic E-state index is 11.9. The van der Waals surface area contributed by atoms with E-state index in [9.17, 15) is 16.8 Å². The second kappa shape index (κ2) is 6.97. The molecule has 0 aromatic heterocycles. The van der Waals surface area contributed by atoms with Gasteiger partial charge < -0.3 is 0 Å². The molecule has 0 unspecified atom stereocenters. The average Bonchev–Trinajstić information content (AvgIpc) is 2.42. The lowest BCUT2D eigenvalue weighted by Crippen LogP contribution is -2.38. The Morgan fingerprint density at radius 2 is 2.00 bits per heavy atom. The number of sulfonamides is 1. The first kappa shape index (κ1) is 17.5. The molecule has 1 aromatic rings. The van der Waals surface area contributed by atoms with Crippen LogP contribution in [0.2, 0.25) is 0 Å². The highest BCUT2D eigenvalue weighted by atomic mass is 32.2. The van der Waals surface area contributed by atoms with E-state index in [0.717, 1.165) is 4.31 Å². The Bertz CT molecular complexity index is 738. The fraction of sp³-hybridized carbons (Fsp3) is 0.364. The van der Waals surface area contributed by atoms with Crippen LogP contribution in [0.5, 0.6) is 0 Å². The van der Waals surface area contributed by atoms with Crippen LogP contribution >= 0.6 is 0 Å². The average molecular weight is 332 g/mol. The predicted molar refractivity (Wildman–Crippen MR) is 76.4 cm³/mol. The minimum atomic E-state index is -3.83. The second-order valence-corrected chi connectivity index (χ2v) is 7.67. The number of primary sulfonamides is 1. The van der Waals surface area contributed by atoms with E-state index in [0.29, 0.717) is 5.56 Å². The van der Waals surface area contributed by atoms with Gasteiger partial charge in [-0.1, -0.05) is 12.1 Å². The molecule has 0 radical (unpaired) electrons. The Morgan fingerprint density at radius 1 is 1.33 bits per heavy atom. The van der Waals surface area contributed by atoms with Crippen LogP contribution in [-0.4, -0.2) is 34.7 Å². The SMILES string of the molecule is CN(CCC#N)S(=O)(=O)NCc1cccc(S(N)(=O)=O)c1. The lowest BCUT2D eigenvalue weighted by Gasteiger charge is -2.16. The van der Waals surface area contributed by atoms with Gasteiger partial charge in [-0.2, -0.15) is 22.7 Å². The molecular weight excluding hydrogens is 316 g/mol. The van der Waals surface area contributed by atoms with Gasteiger partial charge in [0.05, 0.1) is 11.0 Å². The smallest absolute Gasteiger partial charge is 0.225 e. The van der Waals surface area contributed by atoms with Crippen LogP contribution in [0.1, 0.15) is 12.0 Å². The molecule has 116 valence electrons. The highest BCUT2D eigenvalue weighted by Crippen LogP contribution is 2.10. The van der Waals surface area contributed by atoms with Crippen molar-refractivity contribution in [3.05, 3.63) is 29.8 Å². The topological polar surface area (TPSA) is 133 Å². The molecule has 0 heterocycles. The van der Waals surface area contributed by atoms with E-state index in [-0.39, 0.29) is 24.4 Å². The molecule has 10 heteroatoms. The molecule has 3 N–H and O–H groups in total. The largest absolute Gasteiger partial charge is 0.279 e. The number of rotatable bonds is 7. The maximum Gasteiger partial charge on any atom is 0.279 e. The van der Waals surface area contributed by atoms with Gasteiger partial charge >= 0.3 is 0 Å². The van der Waals surface area contributed by atoms with Crippen LogP contribution in [0, 0.1) is 11.3 Å². The van der Waals surface area contributed by atoms with E-state index in [4.69, 9.17) is 10.4 Å². The monoisotopic (exact) mass is 332 g/mol. The van der Waals surface area contributed by atoms with Crippen molar-refractivity contribution in [2.45, 2.75) is 17.9 Å². The maximum atomic E-state index is 11.9. The lowest BCUT2D eigenvalue weighted by molar-refractivity contribution is 0.464. The molecule has 0 spiro atoms. The molecule has 21 heavy (non-hydrogen) atoms. The third kappa shape index (κ3) is 5.41. The molecule has 0 bridgehead atoms. The molecule has 0 aliphatic rings. The number of benzene rings is 1. The van der Waals surface area contributed by atoms with Crippen molar-refractivity contribution in [3.63, 3.8) is 0 Å². The number of nitrogens with one attached hydrogen (secondary N) is 1. The Labute approximate surface area is 124 Å². The zero-order valence-electron chi connectivity index (χ0n) is 11.4. The Hall–Kier alpha value is -1.51. The molecule has 0 fully saturated rings. The minimum absolute atomic E-state index is 0.0725. The summed E-state index contributed by atoms with van der Waals surface area (Å²) in [7, 11) is -6.21. The predicted octanol–water partition coefficient (Wildman–Crippen LogP) is -0.486. The zero-order chi connectivity index (χ0) is 16.1. The van der Waals surface area contributed by atoms with Gasteiger partial charge in [-0.05, 0) is 17.7 Å². The van der Waals surface area contributed by atoms with Crippen molar-refractivity contribution >= 4 is 20.2 Å². The van der Waals surface area contributed by atoms with Crippen LogP contribution < -0.4 is 9.86 Å². The van der Waals surface area contributed by atoms with Crippen LogP contribution in [-0.2, 0) is 26.8 Å². The molecule has 0 aliphatic heterocycles. The summed E-state index contributed by atoms with van der Waals surface area (Å²) in [6.45, 7) is -0.00829. The van der Waals surface area contributed by atoms with Crippen molar-refractivity contribution in [1.82, 2.24) is 9.03 Å². The van der Waals surface area contributed by atoms with E-state index in [2.05, 4.69) is 4.72 Å². The molecule has 0 amide bonds. The number of nitrogens with zero attached hydrogens (tertiary/aromatic N) is 2. The highest BCUT2D eigenvalue weighted by Gasteiger charge is 2.17. The molecule has 0 saturated heterocycles. The van der Waals surface area contributed by atoms with E-state index < -0.39 is 20.2 Å². The van der Waals surface area contributed by atoms with Crippen molar-refractivity contribution in [3.8, 4) is 6.07 Å². The first-order valence-corrected chi connectivity index (χ1v) is 8.85. The number of nitrogens with two attached hydrogens (primary N) is 1. The Kier molecular flexibility index (Phi) is 5.82. The summed E-state index contributed by atoms with van der Waals surface area (Å²) in [4.78, 5) is -0.0861. The van der Waals surface area contributed by atoms with Crippen molar-refractivity contribution < 1.29 is 16.8 Å². The molecule has 1 rings (SSSR count). The summed E-state index contributed by atoms with van der Waals surface area (Å²) in [5, 5.41) is 13.4.